The van der Waals surface area contributed by atoms with Crippen LogP contribution in [-0.4, -0.2) is 12.1 Å². The lowest BCUT2D eigenvalue weighted by molar-refractivity contribution is 0.422. The average Bonchev–Trinajstić information content (AvgIpc) is 2.44. The first-order valence-electron chi connectivity index (χ1n) is 6.45. The molecule has 1 saturated carbocycles. The Morgan fingerprint density at radius 2 is 1.40 bits per heavy atom. The second-order valence-electron chi connectivity index (χ2n) is 6.92. The topological polar surface area (TPSA) is 12.0 Å². The Bertz CT molecular complexity index is 201. The first kappa shape index (κ1) is 13.0. The molecule has 0 bridgehead atoms. The highest BCUT2D eigenvalue weighted by atomic mass is 15.1. The summed E-state index contributed by atoms with van der Waals surface area (Å²) in [6.45, 7) is 16.4. The summed E-state index contributed by atoms with van der Waals surface area (Å²) in [6.07, 6.45) is 2.64. The largest absolute Gasteiger partial charge is 0.310 e. The predicted molar refractivity (Wildman–Crippen MR) is 68.0 cm³/mol. The van der Waals surface area contributed by atoms with Gasteiger partial charge in [-0.1, -0.05) is 41.5 Å². The van der Waals surface area contributed by atoms with Crippen LogP contribution in [0.2, 0.25) is 0 Å². The molecule has 1 unspecified atom stereocenters. The number of hydrogen-bond donors (Lipinski definition) is 1. The van der Waals surface area contributed by atoms with E-state index >= 15 is 0 Å². The lowest BCUT2D eigenvalue weighted by Gasteiger charge is -2.16. The van der Waals surface area contributed by atoms with Crippen LogP contribution in [0.15, 0.2) is 0 Å². The average molecular weight is 211 g/mol. The molecule has 1 aliphatic rings. The van der Waals surface area contributed by atoms with Gasteiger partial charge in [0.05, 0.1) is 0 Å². The number of nitrogens with one attached hydrogen (secondary N) is 1. The molecule has 1 N–H and O–H groups in total. The molecule has 0 aromatic carbocycles. The van der Waals surface area contributed by atoms with Gasteiger partial charge < -0.3 is 5.32 Å². The van der Waals surface area contributed by atoms with Crippen LogP contribution in [0.5, 0.6) is 0 Å². The minimum absolute atomic E-state index is 0.471. The molecule has 1 heteroatoms. The molecule has 1 fully saturated rings. The summed E-state index contributed by atoms with van der Waals surface area (Å²) in [5.74, 6) is 0.828. The van der Waals surface area contributed by atoms with E-state index in [1.165, 1.54) is 12.8 Å². The summed E-state index contributed by atoms with van der Waals surface area (Å²) in [5.41, 5.74) is 0.943. The highest BCUT2D eigenvalue weighted by Gasteiger charge is 2.64. The SMILES string of the molecule is CC(C)CCC(C)NC1C(C)(C)C1(C)C. The van der Waals surface area contributed by atoms with Gasteiger partial charge in [0.1, 0.15) is 0 Å². The van der Waals surface area contributed by atoms with Gasteiger partial charge in [0.25, 0.3) is 0 Å². The smallest absolute Gasteiger partial charge is 0.0183 e. The Kier molecular flexibility index (Phi) is 3.55. The number of hydrogen-bond acceptors (Lipinski definition) is 1. The first-order chi connectivity index (χ1) is 6.69. The van der Waals surface area contributed by atoms with Gasteiger partial charge in [-0.05, 0) is 36.5 Å². The minimum atomic E-state index is 0.471. The van der Waals surface area contributed by atoms with Gasteiger partial charge in [0, 0.05) is 12.1 Å². The van der Waals surface area contributed by atoms with Crippen molar-refractivity contribution in [2.45, 2.75) is 73.4 Å². The van der Waals surface area contributed by atoms with Crippen molar-refractivity contribution in [1.29, 1.82) is 0 Å². The van der Waals surface area contributed by atoms with Crippen LogP contribution in [0.1, 0.15) is 61.3 Å². The standard InChI is InChI=1S/C14H29N/c1-10(2)8-9-11(3)15-12-13(4,5)14(12,6)7/h10-12,15H,8-9H2,1-7H3. The van der Waals surface area contributed by atoms with Crippen molar-refractivity contribution >= 4 is 0 Å². The maximum absolute atomic E-state index is 3.79. The first-order valence-corrected chi connectivity index (χ1v) is 6.45. The van der Waals surface area contributed by atoms with E-state index in [4.69, 9.17) is 0 Å². The summed E-state index contributed by atoms with van der Waals surface area (Å²) in [5, 5.41) is 3.79. The Labute approximate surface area is 96.0 Å². The fourth-order valence-corrected chi connectivity index (χ4v) is 2.56. The molecule has 0 aromatic heterocycles. The number of rotatable bonds is 5. The molecule has 0 amide bonds. The van der Waals surface area contributed by atoms with E-state index in [9.17, 15) is 0 Å². The monoisotopic (exact) mass is 211 g/mol. The van der Waals surface area contributed by atoms with Gasteiger partial charge in [-0.15, -0.1) is 0 Å². The minimum Gasteiger partial charge on any atom is -0.310 e. The molecule has 1 aliphatic carbocycles. The van der Waals surface area contributed by atoms with E-state index in [1.54, 1.807) is 0 Å². The summed E-state index contributed by atoms with van der Waals surface area (Å²) < 4.78 is 0. The molecule has 0 heterocycles. The van der Waals surface area contributed by atoms with Crippen LogP contribution in [0, 0.1) is 16.7 Å². The molecule has 1 atom stereocenters. The van der Waals surface area contributed by atoms with Crippen LogP contribution in [0.3, 0.4) is 0 Å². The van der Waals surface area contributed by atoms with Gasteiger partial charge >= 0.3 is 0 Å². The molecule has 0 radical (unpaired) electrons. The van der Waals surface area contributed by atoms with E-state index < -0.39 is 0 Å². The molecular formula is C14H29N. The molecule has 15 heavy (non-hydrogen) atoms. The fourth-order valence-electron chi connectivity index (χ4n) is 2.56. The fraction of sp³-hybridized carbons (Fsp3) is 1.00. The zero-order valence-corrected chi connectivity index (χ0v) is 11.6. The zero-order valence-electron chi connectivity index (χ0n) is 11.6. The van der Waals surface area contributed by atoms with E-state index in [2.05, 4.69) is 53.8 Å². The van der Waals surface area contributed by atoms with Gasteiger partial charge in [-0.25, -0.2) is 0 Å². The molecule has 0 aliphatic heterocycles. The summed E-state index contributed by atoms with van der Waals surface area (Å²) in [7, 11) is 0. The summed E-state index contributed by atoms with van der Waals surface area (Å²) >= 11 is 0. The van der Waals surface area contributed by atoms with Gasteiger partial charge in [0.2, 0.25) is 0 Å². The normalized spacial score (nSPS) is 25.6. The van der Waals surface area contributed by atoms with E-state index in [-0.39, 0.29) is 0 Å². The predicted octanol–water partition coefficient (Wildman–Crippen LogP) is 3.84. The van der Waals surface area contributed by atoms with Crippen molar-refractivity contribution in [2.24, 2.45) is 16.7 Å². The van der Waals surface area contributed by atoms with Crippen molar-refractivity contribution in [3.8, 4) is 0 Å². The third-order valence-electron chi connectivity index (χ3n) is 4.65. The second-order valence-corrected chi connectivity index (χ2v) is 6.92. The van der Waals surface area contributed by atoms with Gasteiger partial charge in [0.15, 0.2) is 0 Å². The third kappa shape index (κ3) is 2.55. The lowest BCUT2D eigenvalue weighted by Crippen LogP contribution is -2.32. The van der Waals surface area contributed by atoms with Crippen molar-refractivity contribution in [3.05, 3.63) is 0 Å². The van der Waals surface area contributed by atoms with Crippen molar-refractivity contribution in [2.75, 3.05) is 0 Å². The van der Waals surface area contributed by atoms with Gasteiger partial charge in [-0.3, -0.25) is 0 Å². The highest BCUT2D eigenvalue weighted by Crippen LogP contribution is 2.62. The van der Waals surface area contributed by atoms with E-state index in [0.717, 1.165) is 5.92 Å². The van der Waals surface area contributed by atoms with Gasteiger partial charge in [-0.2, -0.15) is 0 Å². The van der Waals surface area contributed by atoms with Crippen LogP contribution < -0.4 is 5.32 Å². The Morgan fingerprint density at radius 3 is 1.73 bits per heavy atom. The van der Waals surface area contributed by atoms with E-state index in [1.807, 2.05) is 0 Å². The maximum Gasteiger partial charge on any atom is 0.0183 e. The zero-order chi connectivity index (χ0) is 11.9. The molecular weight excluding hydrogens is 182 g/mol. The summed E-state index contributed by atoms with van der Waals surface area (Å²) in [6, 6.07) is 1.37. The molecule has 90 valence electrons. The molecule has 0 saturated heterocycles. The lowest BCUT2D eigenvalue weighted by atomic mass is 10.0. The van der Waals surface area contributed by atoms with Crippen LogP contribution in [-0.2, 0) is 0 Å². The Hall–Kier alpha value is -0.0400. The maximum atomic E-state index is 3.79. The molecule has 1 nitrogen and oxygen atoms in total. The molecule has 0 aromatic rings. The quantitative estimate of drug-likeness (QED) is 0.728. The second kappa shape index (κ2) is 4.08. The van der Waals surface area contributed by atoms with Crippen LogP contribution in [0.4, 0.5) is 0 Å². The molecule has 0 spiro atoms. The summed E-state index contributed by atoms with van der Waals surface area (Å²) in [4.78, 5) is 0. The van der Waals surface area contributed by atoms with Crippen molar-refractivity contribution in [3.63, 3.8) is 0 Å². The van der Waals surface area contributed by atoms with Crippen LogP contribution in [0.25, 0.3) is 0 Å². The van der Waals surface area contributed by atoms with E-state index in [0.29, 0.717) is 22.9 Å². The third-order valence-corrected chi connectivity index (χ3v) is 4.65. The van der Waals surface area contributed by atoms with Crippen LogP contribution >= 0.6 is 0 Å². The molecule has 1 rings (SSSR count). The Morgan fingerprint density at radius 1 is 0.933 bits per heavy atom. The van der Waals surface area contributed by atoms with Crippen molar-refractivity contribution in [1.82, 2.24) is 5.32 Å². The Balaban J connectivity index is 2.32. The highest BCUT2D eigenvalue weighted by molar-refractivity contribution is 5.18. The van der Waals surface area contributed by atoms with Crippen molar-refractivity contribution < 1.29 is 0 Å².